The molecule has 7 nitrogen and oxygen atoms in total. The van der Waals surface area contributed by atoms with Crippen molar-refractivity contribution in [2.45, 2.75) is 12.1 Å². The molecule has 1 amide bonds. The van der Waals surface area contributed by atoms with E-state index in [1.54, 1.807) is 6.07 Å². The van der Waals surface area contributed by atoms with Crippen LogP contribution in [0.3, 0.4) is 0 Å². The quantitative estimate of drug-likeness (QED) is 0.407. The van der Waals surface area contributed by atoms with Crippen LogP contribution in [0.2, 0.25) is 5.15 Å². The number of aromatic nitrogens is 2. The molecule has 1 fully saturated rings. The first-order chi connectivity index (χ1) is 12.0. The SMILES string of the molecule is CCN1CCN(c2cc(Cl)nc(SCC(=O)NCCN(C)C)n2)CC1. The van der Waals surface area contributed by atoms with E-state index in [1.807, 2.05) is 19.0 Å². The first kappa shape index (κ1) is 20.2. The average molecular weight is 387 g/mol. The van der Waals surface area contributed by atoms with Gasteiger partial charge in [0.25, 0.3) is 0 Å². The van der Waals surface area contributed by atoms with Crippen LogP contribution in [0.4, 0.5) is 5.82 Å². The lowest BCUT2D eigenvalue weighted by molar-refractivity contribution is -0.118. The largest absolute Gasteiger partial charge is 0.354 e. The van der Waals surface area contributed by atoms with E-state index in [4.69, 9.17) is 11.6 Å². The first-order valence-corrected chi connectivity index (χ1v) is 9.90. The van der Waals surface area contributed by atoms with E-state index in [0.29, 0.717) is 16.9 Å². The molecule has 0 spiro atoms. The number of piperazine rings is 1. The highest BCUT2D eigenvalue weighted by Crippen LogP contribution is 2.22. The smallest absolute Gasteiger partial charge is 0.230 e. The lowest BCUT2D eigenvalue weighted by Crippen LogP contribution is -2.46. The summed E-state index contributed by atoms with van der Waals surface area (Å²) in [5.74, 6) is 1.11. The molecule has 0 bridgehead atoms. The van der Waals surface area contributed by atoms with Crippen LogP contribution < -0.4 is 10.2 Å². The molecule has 1 aromatic rings. The molecule has 1 aliphatic rings. The van der Waals surface area contributed by atoms with Crippen molar-refractivity contribution in [1.29, 1.82) is 0 Å². The molecule has 2 heterocycles. The summed E-state index contributed by atoms with van der Waals surface area (Å²) in [6.07, 6.45) is 0. The molecular formula is C16H27ClN6OS. The molecule has 9 heteroatoms. The van der Waals surface area contributed by atoms with Crippen molar-refractivity contribution in [3.05, 3.63) is 11.2 Å². The Morgan fingerprint density at radius 3 is 2.68 bits per heavy atom. The van der Waals surface area contributed by atoms with Crippen LogP contribution in [0.5, 0.6) is 0 Å². The summed E-state index contributed by atoms with van der Waals surface area (Å²) in [7, 11) is 3.95. The molecule has 0 aromatic carbocycles. The number of amides is 1. The standard InChI is InChI=1S/C16H27ClN6OS/c1-4-22-7-9-23(10-8-22)14-11-13(17)19-16(20-14)25-12-15(24)18-5-6-21(2)3/h11H,4-10,12H2,1-3H3,(H,18,24). The van der Waals surface area contributed by atoms with E-state index in [-0.39, 0.29) is 11.7 Å². The fourth-order valence-electron chi connectivity index (χ4n) is 2.51. The molecule has 25 heavy (non-hydrogen) atoms. The van der Waals surface area contributed by atoms with Crippen LogP contribution in [0, 0.1) is 0 Å². The molecule has 0 radical (unpaired) electrons. The van der Waals surface area contributed by atoms with Gasteiger partial charge in [0.1, 0.15) is 11.0 Å². The maximum absolute atomic E-state index is 11.9. The number of rotatable bonds is 8. The zero-order valence-corrected chi connectivity index (χ0v) is 16.7. The van der Waals surface area contributed by atoms with Crippen molar-refractivity contribution in [3.8, 4) is 0 Å². The zero-order valence-electron chi connectivity index (χ0n) is 15.2. The van der Waals surface area contributed by atoms with E-state index >= 15 is 0 Å². The summed E-state index contributed by atoms with van der Waals surface area (Å²) in [6.45, 7) is 8.60. The van der Waals surface area contributed by atoms with Gasteiger partial charge >= 0.3 is 0 Å². The van der Waals surface area contributed by atoms with Gasteiger partial charge in [-0.1, -0.05) is 30.3 Å². The summed E-state index contributed by atoms with van der Waals surface area (Å²) in [6, 6.07) is 1.80. The van der Waals surface area contributed by atoms with Gasteiger partial charge in [0.05, 0.1) is 5.75 Å². The van der Waals surface area contributed by atoms with Gasteiger partial charge in [-0.15, -0.1) is 0 Å². The topological polar surface area (TPSA) is 64.6 Å². The van der Waals surface area contributed by atoms with Crippen molar-refractivity contribution in [2.75, 3.05) is 70.6 Å². The number of nitrogens with one attached hydrogen (secondary N) is 1. The van der Waals surface area contributed by atoms with Crippen molar-refractivity contribution in [2.24, 2.45) is 0 Å². The Morgan fingerprint density at radius 2 is 2.04 bits per heavy atom. The number of hydrogen-bond acceptors (Lipinski definition) is 7. The second-order valence-electron chi connectivity index (χ2n) is 6.19. The van der Waals surface area contributed by atoms with Gasteiger partial charge in [0.15, 0.2) is 5.16 Å². The molecule has 1 N–H and O–H groups in total. The molecule has 1 saturated heterocycles. The molecule has 140 valence electrons. The second-order valence-corrected chi connectivity index (χ2v) is 7.52. The Kier molecular flexibility index (Phi) is 8.21. The van der Waals surface area contributed by atoms with Crippen molar-refractivity contribution < 1.29 is 4.79 Å². The number of anilines is 1. The van der Waals surface area contributed by atoms with E-state index in [9.17, 15) is 4.79 Å². The van der Waals surface area contributed by atoms with Gasteiger partial charge in [0, 0.05) is 45.3 Å². The van der Waals surface area contributed by atoms with Crippen LogP contribution in [0.1, 0.15) is 6.92 Å². The number of carbonyl (C=O) groups is 1. The third kappa shape index (κ3) is 6.97. The number of carbonyl (C=O) groups excluding carboxylic acids is 1. The number of hydrogen-bond donors (Lipinski definition) is 1. The van der Waals surface area contributed by atoms with Crippen LogP contribution in [-0.2, 0) is 4.79 Å². The number of likely N-dealkylation sites (N-methyl/N-ethyl adjacent to an activating group) is 2. The van der Waals surface area contributed by atoms with Gasteiger partial charge in [-0.3, -0.25) is 4.79 Å². The summed E-state index contributed by atoms with van der Waals surface area (Å²) in [5.41, 5.74) is 0. The van der Waals surface area contributed by atoms with Gasteiger partial charge in [0.2, 0.25) is 5.91 Å². The zero-order chi connectivity index (χ0) is 18.2. The fraction of sp³-hybridized carbons (Fsp3) is 0.688. The second kappa shape index (κ2) is 10.2. The highest BCUT2D eigenvalue weighted by Gasteiger charge is 2.18. The first-order valence-electron chi connectivity index (χ1n) is 8.54. The minimum absolute atomic E-state index is 0.0199. The molecule has 0 saturated carbocycles. The molecule has 0 atom stereocenters. The molecule has 1 aromatic heterocycles. The average Bonchev–Trinajstić information content (AvgIpc) is 2.59. The maximum atomic E-state index is 11.9. The molecule has 1 aliphatic heterocycles. The Morgan fingerprint density at radius 1 is 1.32 bits per heavy atom. The van der Waals surface area contributed by atoms with E-state index in [0.717, 1.165) is 45.1 Å². The van der Waals surface area contributed by atoms with Crippen molar-refractivity contribution in [3.63, 3.8) is 0 Å². The highest BCUT2D eigenvalue weighted by atomic mass is 35.5. The van der Waals surface area contributed by atoms with Crippen LogP contribution >= 0.6 is 23.4 Å². The predicted molar refractivity (Wildman–Crippen MR) is 104 cm³/mol. The van der Waals surface area contributed by atoms with Gasteiger partial charge in [-0.05, 0) is 20.6 Å². The third-order valence-corrected chi connectivity index (χ3v) is 5.06. The van der Waals surface area contributed by atoms with Gasteiger partial charge in [-0.25, -0.2) is 9.97 Å². The van der Waals surface area contributed by atoms with Crippen LogP contribution in [0.15, 0.2) is 11.2 Å². The fourth-order valence-corrected chi connectivity index (χ4v) is 3.42. The van der Waals surface area contributed by atoms with Crippen LogP contribution in [0.25, 0.3) is 0 Å². The number of nitrogens with zero attached hydrogens (tertiary/aromatic N) is 5. The molecule has 2 rings (SSSR count). The monoisotopic (exact) mass is 386 g/mol. The van der Waals surface area contributed by atoms with Gasteiger partial charge < -0.3 is 20.0 Å². The molecular weight excluding hydrogens is 360 g/mol. The summed E-state index contributed by atoms with van der Waals surface area (Å²) < 4.78 is 0. The molecule has 0 aliphatic carbocycles. The van der Waals surface area contributed by atoms with E-state index < -0.39 is 0 Å². The Balaban J connectivity index is 1.87. The Bertz CT molecular complexity index is 566. The highest BCUT2D eigenvalue weighted by molar-refractivity contribution is 7.99. The van der Waals surface area contributed by atoms with Crippen molar-refractivity contribution in [1.82, 2.24) is 25.1 Å². The summed E-state index contributed by atoms with van der Waals surface area (Å²) in [4.78, 5) is 27.3. The van der Waals surface area contributed by atoms with Crippen LogP contribution in [-0.4, -0.2) is 91.3 Å². The Labute approximate surface area is 159 Å². The lowest BCUT2D eigenvalue weighted by Gasteiger charge is -2.34. The van der Waals surface area contributed by atoms with E-state index in [2.05, 4.69) is 32.0 Å². The summed E-state index contributed by atoms with van der Waals surface area (Å²) in [5, 5.41) is 3.84. The third-order valence-electron chi connectivity index (χ3n) is 4.02. The summed E-state index contributed by atoms with van der Waals surface area (Å²) >= 11 is 7.47. The maximum Gasteiger partial charge on any atom is 0.230 e. The Hall–Kier alpha value is -1.09. The predicted octanol–water partition coefficient (Wildman–Crippen LogP) is 1.04. The minimum atomic E-state index is -0.0199. The number of thioether (sulfide) groups is 1. The normalized spacial score (nSPS) is 15.6. The lowest BCUT2D eigenvalue weighted by atomic mass is 10.3. The van der Waals surface area contributed by atoms with Crippen molar-refractivity contribution >= 4 is 35.1 Å². The van der Waals surface area contributed by atoms with Gasteiger partial charge in [-0.2, -0.15) is 0 Å². The molecule has 0 unspecified atom stereocenters. The van der Waals surface area contributed by atoms with E-state index in [1.165, 1.54) is 11.8 Å². The minimum Gasteiger partial charge on any atom is -0.354 e. The number of halogens is 1.